The van der Waals surface area contributed by atoms with Crippen molar-refractivity contribution < 1.29 is 22.6 Å². The molecule has 196 valence electrons. The Kier molecular flexibility index (Phi) is 7.02. The highest BCUT2D eigenvalue weighted by Crippen LogP contribution is 2.33. The molecule has 0 aliphatic heterocycles. The summed E-state index contributed by atoms with van der Waals surface area (Å²) in [5, 5.41) is 35.7. The molecule has 0 radical (unpaired) electrons. The number of alkyl halides is 2. The Hall–Kier alpha value is -4.37. The average Bonchev–Trinajstić information content (AvgIpc) is 3.68. The first-order chi connectivity index (χ1) is 18.4. The van der Waals surface area contributed by atoms with Gasteiger partial charge in [0.05, 0.1) is 34.2 Å². The number of pyridine rings is 1. The van der Waals surface area contributed by atoms with Crippen molar-refractivity contribution in [3.63, 3.8) is 0 Å². The van der Waals surface area contributed by atoms with Crippen LogP contribution in [0.5, 0.6) is 0 Å². The number of tetrazole rings is 1. The molecule has 0 amide bonds. The number of benzene rings is 1. The number of rotatable bonds is 9. The van der Waals surface area contributed by atoms with E-state index in [-0.39, 0.29) is 44.6 Å². The first-order valence-electron chi connectivity index (χ1n) is 11.1. The van der Waals surface area contributed by atoms with Crippen LogP contribution in [0.15, 0.2) is 55.4 Å². The summed E-state index contributed by atoms with van der Waals surface area (Å²) in [4.78, 5) is 0.290. The SMILES string of the molecule is COCC[C@@H](c1ccc(-c2c(-n3cnnn3)ccc(Cl)c2F)c[n+]1[O-])n1cc(-c2cnn(C(F)F)n2)cn1. The summed E-state index contributed by atoms with van der Waals surface area (Å²) < 4.78 is 49.5. The molecule has 5 aromatic rings. The minimum Gasteiger partial charge on any atom is -0.618 e. The van der Waals surface area contributed by atoms with Gasteiger partial charge >= 0.3 is 6.55 Å². The van der Waals surface area contributed by atoms with Crippen LogP contribution in [0, 0.1) is 11.0 Å². The van der Waals surface area contributed by atoms with Crippen LogP contribution in [0.4, 0.5) is 13.2 Å². The van der Waals surface area contributed by atoms with Crippen LogP contribution in [-0.4, -0.2) is 58.7 Å². The van der Waals surface area contributed by atoms with Gasteiger partial charge < -0.3 is 9.94 Å². The third-order valence-electron chi connectivity index (χ3n) is 5.74. The third kappa shape index (κ3) is 4.80. The van der Waals surface area contributed by atoms with E-state index in [4.69, 9.17) is 16.3 Å². The van der Waals surface area contributed by atoms with Gasteiger partial charge in [0.25, 0.3) is 0 Å². The van der Waals surface area contributed by atoms with Gasteiger partial charge in [-0.25, -0.2) is 4.39 Å². The summed E-state index contributed by atoms with van der Waals surface area (Å²) in [5.41, 5.74) is 1.47. The molecule has 5 rings (SSSR count). The second kappa shape index (κ2) is 10.5. The minimum atomic E-state index is -2.88. The standard InChI is InChI=1S/C22H18ClF3N10O2/c1-38-7-6-17(33-10-14(8-28-33)16-9-29-36(30-16)22(25)26)18-4-2-13(11-35(18)37)20-19(34-12-27-31-32-34)5-3-15(23)21(20)24/h2-5,8-12,17,22H,6-7H2,1H3/t17-/m0/s1. The molecule has 0 aliphatic rings. The van der Waals surface area contributed by atoms with Gasteiger partial charge in [0.1, 0.15) is 18.1 Å². The molecule has 0 bridgehead atoms. The molecule has 0 unspecified atom stereocenters. The van der Waals surface area contributed by atoms with Crippen molar-refractivity contribution in [2.45, 2.75) is 19.0 Å². The van der Waals surface area contributed by atoms with E-state index in [0.29, 0.717) is 16.7 Å². The van der Waals surface area contributed by atoms with E-state index in [0.717, 1.165) is 0 Å². The van der Waals surface area contributed by atoms with Gasteiger partial charge in [0.15, 0.2) is 12.0 Å². The van der Waals surface area contributed by atoms with Gasteiger partial charge in [-0.15, -0.1) is 15.0 Å². The van der Waals surface area contributed by atoms with Crippen molar-refractivity contribution in [1.82, 2.24) is 45.0 Å². The van der Waals surface area contributed by atoms with Crippen molar-refractivity contribution in [3.05, 3.63) is 77.1 Å². The number of hydrogen-bond acceptors (Lipinski definition) is 8. The molecule has 0 N–H and O–H groups in total. The topological polar surface area (TPSA) is 128 Å². The van der Waals surface area contributed by atoms with Crippen LogP contribution in [0.25, 0.3) is 28.1 Å². The molecule has 0 aliphatic carbocycles. The highest BCUT2D eigenvalue weighted by Gasteiger charge is 2.26. The second-order valence-corrected chi connectivity index (χ2v) is 8.42. The summed E-state index contributed by atoms with van der Waals surface area (Å²) >= 11 is 6.03. The Balaban J connectivity index is 1.53. The van der Waals surface area contributed by atoms with Gasteiger partial charge in [-0.2, -0.15) is 28.4 Å². The second-order valence-electron chi connectivity index (χ2n) is 8.01. The molecule has 4 heterocycles. The zero-order valence-corrected chi connectivity index (χ0v) is 20.3. The monoisotopic (exact) mass is 546 g/mol. The zero-order valence-electron chi connectivity index (χ0n) is 19.6. The lowest BCUT2D eigenvalue weighted by Gasteiger charge is -2.18. The number of ether oxygens (including phenoxy) is 1. The fourth-order valence-electron chi connectivity index (χ4n) is 3.96. The summed E-state index contributed by atoms with van der Waals surface area (Å²) in [6.07, 6.45) is 7.06. The molecular formula is C22H18ClF3N10O2. The highest BCUT2D eigenvalue weighted by molar-refractivity contribution is 6.31. The molecule has 4 aromatic heterocycles. The normalized spacial score (nSPS) is 12.4. The van der Waals surface area contributed by atoms with E-state index in [1.807, 2.05) is 0 Å². The van der Waals surface area contributed by atoms with Gasteiger partial charge in [0, 0.05) is 38.0 Å². The summed E-state index contributed by atoms with van der Waals surface area (Å²) in [5.74, 6) is -0.739. The van der Waals surface area contributed by atoms with Crippen molar-refractivity contribution >= 4 is 11.6 Å². The number of hydrogen-bond donors (Lipinski definition) is 0. The Labute approximate surface area is 217 Å². The minimum absolute atomic E-state index is 0.0397. The number of methoxy groups -OCH3 is 1. The predicted octanol–water partition coefficient (Wildman–Crippen LogP) is 3.23. The molecular weight excluding hydrogens is 529 g/mol. The molecule has 0 saturated carbocycles. The van der Waals surface area contributed by atoms with Gasteiger partial charge in [0.2, 0.25) is 5.69 Å². The van der Waals surface area contributed by atoms with E-state index in [1.54, 1.807) is 18.3 Å². The smallest absolute Gasteiger partial charge is 0.348 e. The maximum Gasteiger partial charge on any atom is 0.348 e. The van der Waals surface area contributed by atoms with E-state index in [1.165, 1.54) is 53.5 Å². The van der Waals surface area contributed by atoms with Crippen LogP contribution in [0.2, 0.25) is 5.02 Å². The molecule has 1 aromatic carbocycles. The first-order valence-corrected chi connectivity index (χ1v) is 11.4. The van der Waals surface area contributed by atoms with Crippen molar-refractivity contribution in [1.29, 1.82) is 0 Å². The Bertz CT molecular complexity index is 1560. The lowest BCUT2D eigenvalue weighted by atomic mass is 10.0. The number of nitrogens with zero attached hydrogens (tertiary/aromatic N) is 10. The molecule has 0 saturated heterocycles. The summed E-state index contributed by atoms with van der Waals surface area (Å²) in [7, 11) is 1.52. The summed E-state index contributed by atoms with van der Waals surface area (Å²) in [6.45, 7) is -2.59. The molecule has 12 nitrogen and oxygen atoms in total. The largest absolute Gasteiger partial charge is 0.618 e. The van der Waals surface area contributed by atoms with Gasteiger partial charge in [-0.05, 0) is 28.6 Å². The fourth-order valence-corrected chi connectivity index (χ4v) is 4.12. The van der Waals surface area contributed by atoms with Gasteiger partial charge in [-0.1, -0.05) is 11.6 Å². The molecule has 16 heteroatoms. The van der Waals surface area contributed by atoms with Crippen LogP contribution in [0.3, 0.4) is 0 Å². The van der Waals surface area contributed by atoms with Crippen LogP contribution >= 0.6 is 11.6 Å². The highest BCUT2D eigenvalue weighted by atomic mass is 35.5. The van der Waals surface area contributed by atoms with E-state index in [9.17, 15) is 14.0 Å². The molecule has 0 spiro atoms. The average molecular weight is 547 g/mol. The van der Waals surface area contributed by atoms with Crippen LogP contribution in [-0.2, 0) is 4.74 Å². The lowest BCUT2D eigenvalue weighted by molar-refractivity contribution is -0.615. The van der Waals surface area contributed by atoms with Crippen molar-refractivity contribution in [2.75, 3.05) is 13.7 Å². The molecule has 0 fully saturated rings. The Morgan fingerprint density at radius 3 is 2.66 bits per heavy atom. The number of halogens is 4. The number of aromatic nitrogens is 10. The fraction of sp³-hybridized carbons (Fsp3) is 0.227. The van der Waals surface area contributed by atoms with Crippen LogP contribution < -0.4 is 4.73 Å². The zero-order chi connectivity index (χ0) is 26.8. The molecule has 1 atom stereocenters. The summed E-state index contributed by atoms with van der Waals surface area (Å²) in [6, 6.07) is 5.42. The Morgan fingerprint density at radius 2 is 1.97 bits per heavy atom. The van der Waals surface area contributed by atoms with Crippen molar-refractivity contribution in [2.24, 2.45) is 0 Å². The maximum absolute atomic E-state index is 15.2. The van der Waals surface area contributed by atoms with Crippen molar-refractivity contribution in [3.8, 4) is 28.1 Å². The van der Waals surface area contributed by atoms with E-state index in [2.05, 4.69) is 30.8 Å². The van der Waals surface area contributed by atoms with Crippen LogP contribution in [0.1, 0.15) is 24.7 Å². The third-order valence-corrected chi connectivity index (χ3v) is 6.03. The van der Waals surface area contributed by atoms with Gasteiger partial charge in [-0.3, -0.25) is 4.68 Å². The van der Waals surface area contributed by atoms with E-state index < -0.39 is 18.4 Å². The Morgan fingerprint density at radius 1 is 1.13 bits per heavy atom. The molecule has 38 heavy (non-hydrogen) atoms. The first kappa shape index (κ1) is 25.3. The maximum atomic E-state index is 15.2. The van der Waals surface area contributed by atoms with E-state index >= 15 is 4.39 Å². The lowest BCUT2D eigenvalue weighted by Crippen LogP contribution is -2.36. The quantitative estimate of drug-likeness (QED) is 0.204. The predicted molar refractivity (Wildman–Crippen MR) is 126 cm³/mol.